The van der Waals surface area contributed by atoms with E-state index in [1.165, 1.54) is 0 Å². The molecule has 0 aromatic heterocycles. The summed E-state index contributed by atoms with van der Waals surface area (Å²) in [6, 6.07) is 0.0918. The monoisotopic (exact) mass is 267 g/mol. The van der Waals surface area contributed by atoms with Crippen LogP contribution in [0.5, 0.6) is 0 Å². The third-order valence-corrected chi connectivity index (χ3v) is 3.22. The summed E-state index contributed by atoms with van der Waals surface area (Å²) in [5.41, 5.74) is 0.0982. The summed E-state index contributed by atoms with van der Waals surface area (Å²) in [6.07, 6.45) is 5.57. The molecule has 1 aliphatic rings. The standard InChI is InChI=1S/C15H29N3O/c1-11(2)7-8-16-13(19)17-12-9-14(3,4)18-15(5,6)10-12/h7-8,11-12,18H,9-10H2,1-6H3,(H2,16,17,19)/b8-7+. The van der Waals surface area contributed by atoms with E-state index in [2.05, 4.69) is 57.5 Å². The number of hydrogen-bond acceptors (Lipinski definition) is 2. The molecule has 4 nitrogen and oxygen atoms in total. The Labute approximate surface area is 117 Å². The number of urea groups is 1. The number of amides is 2. The molecule has 0 radical (unpaired) electrons. The first-order valence-electron chi connectivity index (χ1n) is 7.13. The molecule has 0 saturated carbocycles. The molecule has 0 spiro atoms. The van der Waals surface area contributed by atoms with Crippen molar-refractivity contribution in [2.24, 2.45) is 5.92 Å². The summed E-state index contributed by atoms with van der Waals surface area (Å²) in [7, 11) is 0. The first-order chi connectivity index (χ1) is 8.60. The topological polar surface area (TPSA) is 53.2 Å². The lowest BCUT2D eigenvalue weighted by atomic mass is 9.80. The van der Waals surface area contributed by atoms with Gasteiger partial charge in [0.05, 0.1) is 0 Å². The van der Waals surface area contributed by atoms with Gasteiger partial charge in [-0.2, -0.15) is 0 Å². The predicted molar refractivity (Wildman–Crippen MR) is 80.0 cm³/mol. The second-order valence-corrected chi connectivity index (χ2v) is 7.22. The van der Waals surface area contributed by atoms with Crippen LogP contribution < -0.4 is 16.0 Å². The molecule has 4 heteroatoms. The van der Waals surface area contributed by atoms with Crippen LogP contribution in [0.4, 0.5) is 4.79 Å². The molecule has 1 aliphatic heterocycles. The summed E-state index contributed by atoms with van der Waals surface area (Å²) in [4.78, 5) is 11.8. The third kappa shape index (κ3) is 6.10. The average Bonchev–Trinajstić information content (AvgIpc) is 2.10. The van der Waals surface area contributed by atoms with Gasteiger partial charge in [0, 0.05) is 23.3 Å². The smallest absolute Gasteiger partial charge is 0.318 e. The second kappa shape index (κ2) is 5.95. The molecule has 0 bridgehead atoms. The molecule has 0 unspecified atom stereocenters. The van der Waals surface area contributed by atoms with Crippen molar-refractivity contribution in [2.45, 2.75) is 71.5 Å². The zero-order chi connectivity index (χ0) is 14.7. The fourth-order valence-electron chi connectivity index (χ4n) is 2.97. The third-order valence-electron chi connectivity index (χ3n) is 3.22. The van der Waals surface area contributed by atoms with E-state index in [-0.39, 0.29) is 23.2 Å². The van der Waals surface area contributed by atoms with E-state index in [0.717, 1.165) is 12.8 Å². The Bertz CT molecular complexity index is 329. The minimum absolute atomic E-state index is 0.0491. The first-order valence-corrected chi connectivity index (χ1v) is 7.13. The minimum atomic E-state index is -0.115. The van der Waals surface area contributed by atoms with Crippen LogP contribution in [0.3, 0.4) is 0 Å². The molecule has 1 heterocycles. The van der Waals surface area contributed by atoms with Gasteiger partial charge < -0.3 is 16.0 Å². The molecule has 0 atom stereocenters. The Morgan fingerprint density at radius 3 is 2.21 bits per heavy atom. The van der Waals surface area contributed by atoms with Crippen molar-refractivity contribution in [3.05, 3.63) is 12.3 Å². The summed E-state index contributed by atoms with van der Waals surface area (Å²) in [5.74, 6) is 0.442. The molecule has 110 valence electrons. The Morgan fingerprint density at radius 2 is 1.74 bits per heavy atom. The molecule has 0 aliphatic carbocycles. The van der Waals surface area contributed by atoms with Gasteiger partial charge in [0.1, 0.15) is 0 Å². The lowest BCUT2D eigenvalue weighted by molar-refractivity contribution is 0.148. The minimum Gasteiger partial charge on any atom is -0.335 e. The summed E-state index contributed by atoms with van der Waals surface area (Å²) >= 11 is 0. The number of rotatable bonds is 3. The molecule has 1 saturated heterocycles. The highest BCUT2D eigenvalue weighted by Gasteiger charge is 2.38. The van der Waals surface area contributed by atoms with Crippen LogP contribution in [0.2, 0.25) is 0 Å². The van der Waals surface area contributed by atoms with Crippen molar-refractivity contribution >= 4 is 6.03 Å². The molecular formula is C15H29N3O. The SMILES string of the molecule is CC(C)/C=C/NC(=O)NC1CC(C)(C)NC(C)(C)C1. The summed E-state index contributed by atoms with van der Waals surface area (Å²) < 4.78 is 0. The zero-order valence-corrected chi connectivity index (χ0v) is 13.1. The molecular weight excluding hydrogens is 238 g/mol. The molecule has 19 heavy (non-hydrogen) atoms. The molecule has 1 rings (SSSR count). The Hall–Kier alpha value is -1.03. The summed E-state index contributed by atoms with van der Waals surface area (Å²) in [6.45, 7) is 12.9. The molecule has 0 aromatic rings. The van der Waals surface area contributed by atoms with Crippen LogP contribution in [-0.2, 0) is 0 Å². The maximum atomic E-state index is 11.8. The van der Waals surface area contributed by atoms with Gasteiger partial charge in [0.2, 0.25) is 0 Å². The normalized spacial score (nSPS) is 22.7. The van der Waals surface area contributed by atoms with Gasteiger partial charge >= 0.3 is 6.03 Å². The van der Waals surface area contributed by atoms with E-state index < -0.39 is 0 Å². The maximum Gasteiger partial charge on any atom is 0.318 e. The van der Waals surface area contributed by atoms with Gasteiger partial charge in [-0.05, 0) is 46.5 Å². The van der Waals surface area contributed by atoms with Crippen molar-refractivity contribution in [3.8, 4) is 0 Å². The van der Waals surface area contributed by atoms with Crippen molar-refractivity contribution in [3.63, 3.8) is 0 Å². The average molecular weight is 267 g/mol. The lowest BCUT2D eigenvalue weighted by Gasteiger charge is -2.46. The zero-order valence-electron chi connectivity index (χ0n) is 13.1. The fourth-order valence-corrected chi connectivity index (χ4v) is 2.97. The Balaban J connectivity index is 2.50. The first kappa shape index (κ1) is 16.0. The number of nitrogens with one attached hydrogen (secondary N) is 3. The number of hydrogen-bond donors (Lipinski definition) is 3. The van der Waals surface area contributed by atoms with Gasteiger partial charge in [-0.15, -0.1) is 0 Å². The van der Waals surface area contributed by atoms with E-state index >= 15 is 0 Å². The van der Waals surface area contributed by atoms with E-state index in [9.17, 15) is 4.79 Å². The maximum absolute atomic E-state index is 11.8. The van der Waals surface area contributed by atoms with E-state index in [4.69, 9.17) is 0 Å². The van der Waals surface area contributed by atoms with Gasteiger partial charge in [0.15, 0.2) is 0 Å². The van der Waals surface area contributed by atoms with Crippen molar-refractivity contribution in [1.29, 1.82) is 0 Å². The lowest BCUT2D eigenvalue weighted by Crippen LogP contribution is -2.62. The van der Waals surface area contributed by atoms with Crippen LogP contribution in [0.15, 0.2) is 12.3 Å². The van der Waals surface area contributed by atoms with Crippen LogP contribution in [0, 0.1) is 5.92 Å². The molecule has 2 amide bonds. The van der Waals surface area contributed by atoms with Crippen LogP contribution in [0.25, 0.3) is 0 Å². The second-order valence-electron chi connectivity index (χ2n) is 7.22. The van der Waals surface area contributed by atoms with Crippen LogP contribution in [-0.4, -0.2) is 23.2 Å². The molecule has 1 fully saturated rings. The van der Waals surface area contributed by atoms with Crippen LogP contribution in [0.1, 0.15) is 54.4 Å². The largest absolute Gasteiger partial charge is 0.335 e. The van der Waals surface area contributed by atoms with Crippen LogP contribution >= 0.6 is 0 Å². The highest BCUT2D eigenvalue weighted by atomic mass is 16.2. The molecule has 3 N–H and O–H groups in total. The van der Waals surface area contributed by atoms with Gasteiger partial charge in [-0.3, -0.25) is 0 Å². The van der Waals surface area contributed by atoms with Crippen molar-refractivity contribution in [1.82, 2.24) is 16.0 Å². The van der Waals surface area contributed by atoms with E-state index in [1.54, 1.807) is 6.20 Å². The predicted octanol–water partition coefficient (Wildman–Crippen LogP) is 2.76. The Morgan fingerprint density at radius 1 is 1.21 bits per heavy atom. The van der Waals surface area contributed by atoms with Crippen molar-refractivity contribution in [2.75, 3.05) is 0 Å². The van der Waals surface area contributed by atoms with Gasteiger partial charge in [0.25, 0.3) is 0 Å². The van der Waals surface area contributed by atoms with Gasteiger partial charge in [-0.25, -0.2) is 4.79 Å². The quantitative estimate of drug-likeness (QED) is 0.736. The van der Waals surface area contributed by atoms with E-state index in [0.29, 0.717) is 5.92 Å². The highest BCUT2D eigenvalue weighted by molar-refractivity contribution is 5.75. The number of carbonyl (C=O) groups excluding carboxylic acids is 1. The van der Waals surface area contributed by atoms with Crippen molar-refractivity contribution < 1.29 is 4.79 Å². The Kier molecular flexibility index (Phi) is 5.02. The fraction of sp³-hybridized carbons (Fsp3) is 0.800. The summed E-state index contributed by atoms with van der Waals surface area (Å²) in [5, 5.41) is 9.44. The number of allylic oxidation sites excluding steroid dienone is 1. The van der Waals surface area contributed by atoms with Gasteiger partial charge in [-0.1, -0.05) is 19.9 Å². The molecule has 0 aromatic carbocycles. The highest BCUT2D eigenvalue weighted by Crippen LogP contribution is 2.28. The number of piperidine rings is 1. The number of carbonyl (C=O) groups is 1. The van der Waals surface area contributed by atoms with E-state index in [1.807, 2.05) is 6.08 Å².